The molecule has 0 aromatic rings. The molecular formula is C13H24N2O2. The molecule has 2 saturated carbocycles. The van der Waals surface area contributed by atoms with Gasteiger partial charge in [0.05, 0.1) is 11.7 Å². The first-order valence-corrected chi connectivity index (χ1v) is 6.84. The average Bonchev–Trinajstić information content (AvgIpc) is 3.09. The second-order valence-corrected chi connectivity index (χ2v) is 6.22. The lowest BCUT2D eigenvalue weighted by Gasteiger charge is -2.56. The van der Waals surface area contributed by atoms with Gasteiger partial charge < -0.3 is 20.5 Å². The minimum absolute atomic E-state index is 0.255. The van der Waals surface area contributed by atoms with Crippen molar-refractivity contribution in [2.24, 2.45) is 5.73 Å². The van der Waals surface area contributed by atoms with Gasteiger partial charge in [-0.25, -0.2) is 0 Å². The van der Waals surface area contributed by atoms with Crippen molar-refractivity contribution in [3.05, 3.63) is 0 Å². The zero-order chi connectivity index (χ0) is 12.1. The van der Waals surface area contributed by atoms with Gasteiger partial charge in [-0.3, -0.25) is 0 Å². The second-order valence-electron chi connectivity index (χ2n) is 6.22. The monoisotopic (exact) mass is 240 g/mol. The van der Waals surface area contributed by atoms with Gasteiger partial charge in [-0.2, -0.15) is 0 Å². The summed E-state index contributed by atoms with van der Waals surface area (Å²) in [6.45, 7) is 2.02. The first kappa shape index (κ1) is 11.9. The number of hydrogen-bond donors (Lipinski definition) is 2. The fourth-order valence-corrected chi connectivity index (χ4v) is 3.50. The van der Waals surface area contributed by atoms with Gasteiger partial charge in [-0.05, 0) is 38.5 Å². The standard InChI is InChI=1S/C13H24N2O2/c1-17-11-8-12(14,9-11)13(16)4-6-15(7-5-13)10-2-3-10/h10-11,16H,2-9,14H2,1H3. The predicted octanol–water partition coefficient (Wildman–Crippen LogP) is 0.482. The van der Waals surface area contributed by atoms with E-state index in [1.165, 1.54) is 12.8 Å². The van der Waals surface area contributed by atoms with Crippen LogP contribution in [0.15, 0.2) is 0 Å². The van der Waals surface area contributed by atoms with Crippen molar-refractivity contribution in [2.45, 2.75) is 61.8 Å². The molecule has 3 fully saturated rings. The maximum atomic E-state index is 10.8. The lowest BCUT2D eigenvalue weighted by Crippen LogP contribution is -2.71. The molecule has 0 radical (unpaired) electrons. The van der Waals surface area contributed by atoms with Gasteiger partial charge in [0.2, 0.25) is 0 Å². The van der Waals surface area contributed by atoms with Crippen molar-refractivity contribution in [1.29, 1.82) is 0 Å². The van der Waals surface area contributed by atoms with Crippen LogP contribution in [0.1, 0.15) is 38.5 Å². The molecule has 0 aromatic carbocycles. The lowest BCUT2D eigenvalue weighted by atomic mass is 9.61. The summed E-state index contributed by atoms with van der Waals surface area (Å²) in [7, 11) is 1.73. The third-order valence-electron chi connectivity index (χ3n) is 5.13. The Morgan fingerprint density at radius 2 is 1.82 bits per heavy atom. The van der Waals surface area contributed by atoms with E-state index in [4.69, 9.17) is 10.5 Å². The number of methoxy groups -OCH3 is 1. The van der Waals surface area contributed by atoms with Gasteiger partial charge in [0, 0.05) is 31.8 Å². The van der Waals surface area contributed by atoms with Crippen molar-refractivity contribution < 1.29 is 9.84 Å². The summed E-state index contributed by atoms with van der Waals surface area (Å²) in [4.78, 5) is 2.52. The van der Waals surface area contributed by atoms with E-state index in [-0.39, 0.29) is 6.10 Å². The van der Waals surface area contributed by atoms with Crippen LogP contribution < -0.4 is 5.73 Å². The highest BCUT2D eigenvalue weighted by Gasteiger charge is 2.56. The van der Waals surface area contributed by atoms with E-state index in [2.05, 4.69) is 4.90 Å². The van der Waals surface area contributed by atoms with Gasteiger partial charge >= 0.3 is 0 Å². The molecule has 3 aliphatic rings. The van der Waals surface area contributed by atoms with E-state index < -0.39 is 11.1 Å². The molecule has 17 heavy (non-hydrogen) atoms. The number of ether oxygens (including phenoxy) is 1. The zero-order valence-corrected chi connectivity index (χ0v) is 10.7. The molecule has 1 saturated heterocycles. The lowest BCUT2D eigenvalue weighted by molar-refractivity contribution is -0.149. The van der Waals surface area contributed by atoms with Crippen LogP contribution in [0, 0.1) is 0 Å². The number of hydrogen-bond acceptors (Lipinski definition) is 4. The highest BCUT2D eigenvalue weighted by atomic mass is 16.5. The van der Waals surface area contributed by atoms with Crippen LogP contribution in [-0.4, -0.2) is 53.5 Å². The molecule has 1 heterocycles. The Bertz CT molecular complexity index is 290. The Hall–Kier alpha value is -0.160. The molecule has 0 bridgehead atoms. The highest BCUT2D eigenvalue weighted by molar-refractivity contribution is 5.14. The molecule has 4 heteroatoms. The fourth-order valence-electron chi connectivity index (χ4n) is 3.50. The molecule has 0 aromatic heterocycles. The summed E-state index contributed by atoms with van der Waals surface area (Å²) >= 11 is 0. The maximum Gasteiger partial charge on any atom is 0.0852 e. The summed E-state index contributed by atoms with van der Waals surface area (Å²) in [5, 5.41) is 10.8. The van der Waals surface area contributed by atoms with Crippen LogP contribution in [0.3, 0.4) is 0 Å². The smallest absolute Gasteiger partial charge is 0.0852 e. The van der Waals surface area contributed by atoms with Gasteiger partial charge in [-0.1, -0.05) is 0 Å². The van der Waals surface area contributed by atoms with Crippen LogP contribution >= 0.6 is 0 Å². The third kappa shape index (κ3) is 1.91. The van der Waals surface area contributed by atoms with E-state index >= 15 is 0 Å². The number of nitrogens with zero attached hydrogens (tertiary/aromatic N) is 1. The summed E-state index contributed by atoms with van der Waals surface area (Å²) < 4.78 is 5.29. The van der Waals surface area contributed by atoms with Crippen LogP contribution in [0.25, 0.3) is 0 Å². The number of piperidine rings is 1. The first-order valence-electron chi connectivity index (χ1n) is 6.84. The summed E-state index contributed by atoms with van der Waals surface area (Å²) in [6, 6.07) is 0.807. The van der Waals surface area contributed by atoms with Crippen molar-refractivity contribution >= 4 is 0 Å². The van der Waals surface area contributed by atoms with Crippen LogP contribution in [0.2, 0.25) is 0 Å². The highest BCUT2D eigenvalue weighted by Crippen LogP contribution is 2.46. The van der Waals surface area contributed by atoms with E-state index in [1.807, 2.05) is 0 Å². The van der Waals surface area contributed by atoms with Crippen molar-refractivity contribution in [2.75, 3.05) is 20.2 Å². The van der Waals surface area contributed by atoms with Crippen molar-refractivity contribution in [1.82, 2.24) is 4.90 Å². The van der Waals surface area contributed by atoms with Crippen molar-refractivity contribution in [3.63, 3.8) is 0 Å². The number of nitrogens with two attached hydrogens (primary N) is 1. The van der Waals surface area contributed by atoms with Crippen molar-refractivity contribution in [3.8, 4) is 0 Å². The zero-order valence-electron chi connectivity index (χ0n) is 10.7. The number of likely N-dealkylation sites (tertiary alicyclic amines) is 1. The average molecular weight is 240 g/mol. The third-order valence-corrected chi connectivity index (χ3v) is 5.13. The summed E-state index contributed by atoms with van der Waals surface area (Å²) in [6.07, 6.45) is 6.22. The second kappa shape index (κ2) is 3.92. The fraction of sp³-hybridized carbons (Fsp3) is 1.00. The summed E-state index contributed by atoms with van der Waals surface area (Å²) in [5.41, 5.74) is 5.31. The molecule has 4 nitrogen and oxygen atoms in total. The quantitative estimate of drug-likeness (QED) is 0.753. The molecule has 2 aliphatic carbocycles. The Kier molecular flexibility index (Phi) is 2.74. The molecule has 1 aliphatic heterocycles. The molecule has 0 spiro atoms. The van der Waals surface area contributed by atoms with Crippen LogP contribution in [0.5, 0.6) is 0 Å². The predicted molar refractivity (Wildman–Crippen MR) is 65.7 cm³/mol. The van der Waals surface area contributed by atoms with Crippen LogP contribution in [0.4, 0.5) is 0 Å². The number of aliphatic hydroxyl groups is 1. The molecule has 3 N–H and O–H groups in total. The Morgan fingerprint density at radius 1 is 1.24 bits per heavy atom. The number of rotatable bonds is 3. The van der Waals surface area contributed by atoms with E-state index in [9.17, 15) is 5.11 Å². The normalized spacial score (nSPS) is 42.2. The van der Waals surface area contributed by atoms with Gasteiger partial charge in [0.15, 0.2) is 0 Å². The minimum Gasteiger partial charge on any atom is -0.388 e. The molecule has 0 unspecified atom stereocenters. The first-order chi connectivity index (χ1) is 8.06. The molecular weight excluding hydrogens is 216 g/mol. The minimum atomic E-state index is -0.659. The van der Waals surface area contributed by atoms with Gasteiger partial charge in [0.1, 0.15) is 0 Å². The molecule has 3 rings (SSSR count). The summed E-state index contributed by atoms with van der Waals surface area (Å²) in [5.74, 6) is 0. The Balaban J connectivity index is 1.59. The van der Waals surface area contributed by atoms with E-state index in [0.717, 1.165) is 44.8 Å². The molecule has 98 valence electrons. The van der Waals surface area contributed by atoms with Crippen LogP contribution in [-0.2, 0) is 4.74 Å². The largest absolute Gasteiger partial charge is 0.388 e. The Morgan fingerprint density at radius 3 is 2.29 bits per heavy atom. The Labute approximate surface area is 103 Å². The topological polar surface area (TPSA) is 58.7 Å². The molecule has 0 atom stereocenters. The molecule has 0 amide bonds. The van der Waals surface area contributed by atoms with Gasteiger partial charge in [0.25, 0.3) is 0 Å². The SMILES string of the molecule is COC1CC(N)(C2(O)CCN(C3CC3)CC2)C1. The van der Waals surface area contributed by atoms with E-state index in [0.29, 0.717) is 0 Å². The van der Waals surface area contributed by atoms with Gasteiger partial charge in [-0.15, -0.1) is 0 Å². The van der Waals surface area contributed by atoms with E-state index in [1.54, 1.807) is 7.11 Å². The maximum absolute atomic E-state index is 10.8.